The van der Waals surface area contributed by atoms with Crippen molar-refractivity contribution >= 4 is 29.1 Å². The number of hydrogen-bond donors (Lipinski definition) is 1. The van der Waals surface area contributed by atoms with E-state index in [-0.39, 0.29) is 18.4 Å². The average molecular weight is 361 g/mol. The number of carbonyl (C=O) groups is 2. The molecule has 0 fully saturated rings. The van der Waals surface area contributed by atoms with Crippen molar-refractivity contribution in [2.24, 2.45) is 0 Å². The largest absolute Gasteiger partial charge is 0.354 e. The van der Waals surface area contributed by atoms with E-state index in [1.54, 1.807) is 30.7 Å². The average Bonchev–Trinajstić information content (AvgIpc) is 3.14. The second-order valence-electron chi connectivity index (χ2n) is 6.68. The van der Waals surface area contributed by atoms with Crippen LogP contribution in [-0.2, 0) is 21.5 Å². The van der Waals surface area contributed by atoms with Gasteiger partial charge >= 0.3 is 0 Å². The second kappa shape index (κ2) is 6.88. The third-order valence-corrected chi connectivity index (χ3v) is 4.71. The molecule has 3 rings (SSSR count). The van der Waals surface area contributed by atoms with E-state index >= 15 is 0 Å². The number of benzene rings is 1. The van der Waals surface area contributed by atoms with Crippen molar-refractivity contribution in [3.63, 3.8) is 0 Å². The molecule has 1 N–H and O–H groups in total. The molecular weight excluding hydrogens is 340 g/mol. The van der Waals surface area contributed by atoms with Gasteiger partial charge in [0.05, 0.1) is 11.7 Å². The summed E-state index contributed by atoms with van der Waals surface area (Å²) >= 11 is 6.06. The molecule has 0 spiro atoms. The van der Waals surface area contributed by atoms with Gasteiger partial charge in [0.15, 0.2) is 0 Å². The Morgan fingerprint density at radius 1 is 1.36 bits per heavy atom. The maximum Gasteiger partial charge on any atom is 0.240 e. The topological polar surface area (TPSA) is 67.2 Å². The van der Waals surface area contributed by atoms with Gasteiger partial charge in [-0.2, -0.15) is 0 Å². The van der Waals surface area contributed by atoms with Gasteiger partial charge in [-0.1, -0.05) is 11.6 Å². The van der Waals surface area contributed by atoms with E-state index in [1.807, 2.05) is 24.6 Å². The smallest absolute Gasteiger partial charge is 0.240 e. The Morgan fingerprint density at radius 3 is 2.88 bits per heavy atom. The summed E-state index contributed by atoms with van der Waals surface area (Å²) in [7, 11) is 0. The molecular formula is C18H21ClN4O2. The molecule has 0 unspecified atom stereocenters. The summed E-state index contributed by atoms with van der Waals surface area (Å²) < 4.78 is 1.96. The highest BCUT2D eigenvalue weighted by Gasteiger charge is 2.44. The van der Waals surface area contributed by atoms with E-state index in [0.29, 0.717) is 11.6 Å². The van der Waals surface area contributed by atoms with E-state index < -0.39 is 5.41 Å². The highest BCUT2D eigenvalue weighted by Crippen LogP contribution is 2.42. The standard InChI is InChI=1S/C18H21ClN4O2/c1-18(2)14-10-13(19)4-5-15(14)23(17(18)25)11-16(24)21-6-3-8-22-9-7-20-12-22/h4-5,7,9-10,12H,3,6,8,11H2,1-2H3,(H,21,24). The van der Waals surface area contributed by atoms with Crippen LogP contribution in [0.3, 0.4) is 0 Å². The summed E-state index contributed by atoms with van der Waals surface area (Å²) in [5.74, 6) is -0.254. The van der Waals surface area contributed by atoms with Gasteiger partial charge in [-0.3, -0.25) is 9.59 Å². The minimum Gasteiger partial charge on any atom is -0.354 e. The van der Waals surface area contributed by atoms with Crippen molar-refractivity contribution in [1.82, 2.24) is 14.9 Å². The van der Waals surface area contributed by atoms with Crippen LogP contribution in [0.5, 0.6) is 0 Å². The van der Waals surface area contributed by atoms with E-state index in [1.165, 1.54) is 4.90 Å². The molecule has 1 aromatic carbocycles. The van der Waals surface area contributed by atoms with Gasteiger partial charge in [-0.05, 0) is 44.0 Å². The number of imidazole rings is 1. The first-order chi connectivity index (χ1) is 11.9. The van der Waals surface area contributed by atoms with E-state index in [2.05, 4.69) is 10.3 Å². The molecule has 7 heteroatoms. The zero-order chi connectivity index (χ0) is 18.0. The lowest BCUT2D eigenvalue weighted by Crippen LogP contribution is -2.43. The first kappa shape index (κ1) is 17.5. The van der Waals surface area contributed by atoms with Crippen molar-refractivity contribution in [1.29, 1.82) is 0 Å². The highest BCUT2D eigenvalue weighted by atomic mass is 35.5. The zero-order valence-electron chi connectivity index (χ0n) is 14.3. The Morgan fingerprint density at radius 2 is 2.16 bits per heavy atom. The van der Waals surface area contributed by atoms with Gasteiger partial charge in [0.2, 0.25) is 11.8 Å². The van der Waals surface area contributed by atoms with Crippen LogP contribution in [0.2, 0.25) is 5.02 Å². The molecule has 1 aliphatic heterocycles. The fraction of sp³-hybridized carbons (Fsp3) is 0.389. The molecule has 132 valence electrons. The molecule has 2 amide bonds. The van der Waals surface area contributed by atoms with Gasteiger partial charge in [0.1, 0.15) is 6.54 Å². The van der Waals surface area contributed by atoms with Crippen molar-refractivity contribution in [2.75, 3.05) is 18.0 Å². The molecule has 1 aromatic heterocycles. The summed E-state index contributed by atoms with van der Waals surface area (Å²) in [6, 6.07) is 5.35. The Balaban J connectivity index is 1.59. The van der Waals surface area contributed by atoms with Gasteiger partial charge in [-0.15, -0.1) is 0 Å². The quantitative estimate of drug-likeness (QED) is 0.804. The minimum atomic E-state index is -0.679. The summed E-state index contributed by atoms with van der Waals surface area (Å²) in [6.07, 6.45) is 6.15. The van der Waals surface area contributed by atoms with Crippen LogP contribution in [0, 0.1) is 0 Å². The number of amides is 2. The number of aromatic nitrogens is 2. The highest BCUT2D eigenvalue weighted by molar-refractivity contribution is 6.31. The number of fused-ring (bicyclic) bond motifs is 1. The summed E-state index contributed by atoms with van der Waals surface area (Å²) in [4.78, 5) is 30.5. The van der Waals surface area contributed by atoms with Crippen LogP contribution in [0.15, 0.2) is 36.9 Å². The second-order valence-corrected chi connectivity index (χ2v) is 7.12. The monoisotopic (exact) mass is 360 g/mol. The molecule has 0 aliphatic carbocycles. The minimum absolute atomic E-state index is 0.0158. The summed E-state index contributed by atoms with van der Waals surface area (Å²) in [5.41, 5.74) is 0.938. The lowest BCUT2D eigenvalue weighted by atomic mass is 9.86. The van der Waals surface area contributed by atoms with Crippen molar-refractivity contribution in [3.05, 3.63) is 47.5 Å². The van der Waals surface area contributed by atoms with Crippen LogP contribution < -0.4 is 10.2 Å². The van der Waals surface area contributed by atoms with Crippen LogP contribution in [0.1, 0.15) is 25.8 Å². The van der Waals surface area contributed by atoms with E-state index in [0.717, 1.165) is 24.2 Å². The maximum atomic E-state index is 12.7. The van der Waals surface area contributed by atoms with Crippen molar-refractivity contribution in [3.8, 4) is 0 Å². The van der Waals surface area contributed by atoms with Crippen molar-refractivity contribution in [2.45, 2.75) is 32.2 Å². The number of nitrogens with zero attached hydrogens (tertiary/aromatic N) is 3. The number of halogens is 1. The number of carbonyl (C=O) groups excluding carboxylic acids is 2. The fourth-order valence-electron chi connectivity index (χ4n) is 3.07. The number of hydrogen-bond acceptors (Lipinski definition) is 3. The van der Waals surface area contributed by atoms with Crippen LogP contribution in [0.25, 0.3) is 0 Å². The molecule has 2 aromatic rings. The predicted molar refractivity (Wildman–Crippen MR) is 96.7 cm³/mol. The normalized spacial score (nSPS) is 15.3. The molecule has 0 atom stereocenters. The van der Waals surface area contributed by atoms with Gasteiger partial charge in [0.25, 0.3) is 0 Å². The van der Waals surface area contributed by atoms with Gasteiger partial charge in [-0.25, -0.2) is 4.98 Å². The SMILES string of the molecule is CC1(C)C(=O)N(CC(=O)NCCCn2ccnc2)c2ccc(Cl)cc21. The third-order valence-electron chi connectivity index (χ3n) is 4.48. The number of nitrogens with one attached hydrogen (secondary N) is 1. The Hall–Kier alpha value is -2.34. The molecule has 1 aliphatic rings. The van der Waals surface area contributed by atoms with E-state index in [4.69, 9.17) is 11.6 Å². The Labute approximate surface area is 151 Å². The molecule has 0 radical (unpaired) electrons. The van der Waals surface area contributed by atoms with Gasteiger partial charge in [0, 0.05) is 36.2 Å². The summed E-state index contributed by atoms with van der Waals surface area (Å²) in [6.45, 7) is 5.07. The van der Waals surface area contributed by atoms with Crippen LogP contribution >= 0.6 is 11.6 Å². The zero-order valence-corrected chi connectivity index (χ0v) is 15.1. The molecule has 2 heterocycles. The summed E-state index contributed by atoms with van der Waals surface area (Å²) in [5, 5.41) is 3.46. The molecule has 25 heavy (non-hydrogen) atoms. The van der Waals surface area contributed by atoms with Crippen molar-refractivity contribution < 1.29 is 9.59 Å². The number of rotatable bonds is 6. The number of aryl methyl sites for hydroxylation is 1. The number of anilines is 1. The third kappa shape index (κ3) is 3.54. The van der Waals surface area contributed by atoms with Crippen LogP contribution in [-0.4, -0.2) is 34.5 Å². The predicted octanol–water partition coefficient (Wildman–Crippen LogP) is 2.37. The molecule has 0 bridgehead atoms. The molecule has 0 saturated carbocycles. The first-order valence-corrected chi connectivity index (χ1v) is 8.62. The lowest BCUT2D eigenvalue weighted by Gasteiger charge is -2.20. The lowest BCUT2D eigenvalue weighted by molar-refractivity contribution is -0.125. The molecule has 0 saturated heterocycles. The van der Waals surface area contributed by atoms with Crippen LogP contribution in [0.4, 0.5) is 5.69 Å². The Kier molecular flexibility index (Phi) is 4.81. The maximum absolute atomic E-state index is 12.7. The fourth-order valence-corrected chi connectivity index (χ4v) is 3.24. The molecule has 6 nitrogen and oxygen atoms in total. The first-order valence-electron chi connectivity index (χ1n) is 8.24. The Bertz CT molecular complexity index is 786. The van der Waals surface area contributed by atoms with Gasteiger partial charge < -0.3 is 14.8 Å². The van der Waals surface area contributed by atoms with E-state index in [9.17, 15) is 9.59 Å².